The zero-order valence-electron chi connectivity index (χ0n) is 17.4. The largest absolute Gasteiger partial charge is 0.493 e. The second kappa shape index (κ2) is 10.5. The molecule has 1 fully saturated rings. The summed E-state index contributed by atoms with van der Waals surface area (Å²) in [6, 6.07) is 5.66. The van der Waals surface area contributed by atoms with Crippen LogP contribution < -0.4 is 14.8 Å². The Hall–Kier alpha value is -1.75. The molecule has 1 N–H and O–H groups in total. The Morgan fingerprint density at radius 3 is 2.67 bits per heavy atom. The van der Waals surface area contributed by atoms with Crippen LogP contribution in [0.2, 0.25) is 0 Å². The van der Waals surface area contributed by atoms with Crippen molar-refractivity contribution in [1.29, 1.82) is 0 Å². The van der Waals surface area contributed by atoms with E-state index in [-0.39, 0.29) is 24.7 Å². The number of hydrogen-bond acceptors (Lipinski definition) is 4. The second-order valence-electron chi connectivity index (χ2n) is 8.11. The van der Waals surface area contributed by atoms with Crippen LogP contribution in [0.25, 0.3) is 0 Å². The Morgan fingerprint density at radius 1 is 1.22 bits per heavy atom. The molecule has 1 aliphatic rings. The lowest BCUT2D eigenvalue weighted by atomic mass is 9.89. The van der Waals surface area contributed by atoms with Gasteiger partial charge in [0.25, 0.3) is 0 Å². The molecule has 1 aromatic rings. The Bertz CT molecular complexity index is 602. The van der Waals surface area contributed by atoms with Crippen molar-refractivity contribution in [1.82, 2.24) is 5.32 Å². The van der Waals surface area contributed by atoms with Gasteiger partial charge >= 0.3 is 0 Å². The lowest BCUT2D eigenvalue weighted by molar-refractivity contribution is -0.129. The first-order valence-electron chi connectivity index (χ1n) is 10.1. The quantitative estimate of drug-likeness (QED) is 0.688. The summed E-state index contributed by atoms with van der Waals surface area (Å²) in [6.07, 6.45) is 4.78. The van der Waals surface area contributed by atoms with Crippen molar-refractivity contribution in [2.45, 2.75) is 65.5 Å². The molecule has 1 saturated carbocycles. The second-order valence-corrected chi connectivity index (χ2v) is 8.11. The summed E-state index contributed by atoms with van der Waals surface area (Å²) in [5, 5.41) is 3.01. The summed E-state index contributed by atoms with van der Waals surface area (Å²) < 4.78 is 17.0. The number of rotatable bonds is 9. The van der Waals surface area contributed by atoms with Crippen LogP contribution >= 0.6 is 0 Å². The molecule has 0 aromatic heterocycles. The fraction of sp³-hybridized carbons (Fsp3) is 0.682. The number of methoxy groups -OCH3 is 1. The van der Waals surface area contributed by atoms with Gasteiger partial charge in [-0.05, 0) is 49.3 Å². The highest BCUT2D eigenvalue weighted by Gasteiger charge is 2.21. The Kier molecular flexibility index (Phi) is 8.42. The molecule has 1 aromatic carbocycles. The highest BCUT2D eigenvalue weighted by molar-refractivity contribution is 5.77. The minimum Gasteiger partial charge on any atom is -0.493 e. The molecule has 0 bridgehead atoms. The molecule has 27 heavy (non-hydrogen) atoms. The Balaban J connectivity index is 1.86. The standard InChI is InChI=1S/C22H35NO4/c1-15(2)13-27-20-10-9-18(12-21(20)25-5)17(4)23-22(24)14-26-19-8-6-7-16(3)11-19/h9-10,12,15-17,19H,6-8,11,13-14H2,1-5H3,(H,23,24). The molecule has 0 saturated heterocycles. The van der Waals surface area contributed by atoms with Crippen molar-refractivity contribution in [2.75, 3.05) is 20.3 Å². The van der Waals surface area contributed by atoms with Crippen LogP contribution in [0.4, 0.5) is 0 Å². The van der Waals surface area contributed by atoms with Crippen LogP contribution in [-0.4, -0.2) is 32.3 Å². The Labute approximate surface area is 163 Å². The first kappa shape index (κ1) is 21.5. The molecule has 3 atom stereocenters. The van der Waals surface area contributed by atoms with Gasteiger partial charge in [0.2, 0.25) is 5.91 Å². The smallest absolute Gasteiger partial charge is 0.246 e. The van der Waals surface area contributed by atoms with Crippen molar-refractivity contribution in [2.24, 2.45) is 11.8 Å². The third-order valence-electron chi connectivity index (χ3n) is 4.98. The van der Waals surface area contributed by atoms with Gasteiger partial charge in [0.05, 0.1) is 25.9 Å². The predicted octanol–water partition coefficient (Wildman–Crippen LogP) is 4.50. The van der Waals surface area contributed by atoms with Crippen molar-refractivity contribution < 1.29 is 19.0 Å². The van der Waals surface area contributed by atoms with E-state index in [1.54, 1.807) is 7.11 Å². The summed E-state index contributed by atoms with van der Waals surface area (Å²) in [7, 11) is 1.63. The van der Waals surface area contributed by atoms with E-state index in [0.717, 1.165) is 24.2 Å². The van der Waals surface area contributed by atoms with Gasteiger partial charge < -0.3 is 19.5 Å². The van der Waals surface area contributed by atoms with Gasteiger partial charge in [0.15, 0.2) is 11.5 Å². The van der Waals surface area contributed by atoms with Gasteiger partial charge in [-0.25, -0.2) is 0 Å². The number of nitrogens with one attached hydrogen (secondary N) is 1. The Morgan fingerprint density at radius 2 is 2.00 bits per heavy atom. The number of ether oxygens (including phenoxy) is 3. The van der Waals surface area contributed by atoms with Gasteiger partial charge in [0, 0.05) is 0 Å². The molecule has 1 aliphatic carbocycles. The first-order chi connectivity index (χ1) is 12.9. The normalized spacial score (nSPS) is 21.0. The van der Waals surface area contributed by atoms with E-state index in [0.29, 0.717) is 24.2 Å². The van der Waals surface area contributed by atoms with Crippen LogP contribution in [0, 0.1) is 11.8 Å². The van der Waals surface area contributed by atoms with Crippen LogP contribution in [0.3, 0.4) is 0 Å². The van der Waals surface area contributed by atoms with Gasteiger partial charge in [-0.3, -0.25) is 4.79 Å². The van der Waals surface area contributed by atoms with Gasteiger partial charge in [-0.15, -0.1) is 0 Å². The maximum Gasteiger partial charge on any atom is 0.246 e. The molecule has 3 unspecified atom stereocenters. The molecule has 2 rings (SSSR count). The zero-order valence-corrected chi connectivity index (χ0v) is 17.4. The minimum atomic E-state index is -0.126. The maximum atomic E-state index is 12.3. The molecule has 0 heterocycles. The maximum absolute atomic E-state index is 12.3. The van der Waals surface area contributed by atoms with E-state index in [1.807, 2.05) is 25.1 Å². The fourth-order valence-electron chi connectivity index (χ4n) is 3.42. The summed E-state index contributed by atoms with van der Waals surface area (Å²) in [4.78, 5) is 12.3. The molecule has 0 aliphatic heterocycles. The summed E-state index contributed by atoms with van der Waals surface area (Å²) in [6.45, 7) is 9.18. The molecule has 5 nitrogen and oxygen atoms in total. The van der Waals surface area contributed by atoms with Crippen LogP contribution in [0.15, 0.2) is 18.2 Å². The van der Waals surface area contributed by atoms with Crippen molar-refractivity contribution in [3.63, 3.8) is 0 Å². The molecular formula is C22H35NO4. The van der Waals surface area contributed by atoms with Gasteiger partial charge in [-0.2, -0.15) is 0 Å². The van der Waals surface area contributed by atoms with E-state index < -0.39 is 0 Å². The molecule has 0 spiro atoms. The number of carbonyl (C=O) groups is 1. The van der Waals surface area contributed by atoms with Crippen molar-refractivity contribution >= 4 is 5.91 Å². The average molecular weight is 378 g/mol. The van der Waals surface area contributed by atoms with Crippen molar-refractivity contribution in [3.8, 4) is 11.5 Å². The monoisotopic (exact) mass is 377 g/mol. The highest BCUT2D eigenvalue weighted by Crippen LogP contribution is 2.31. The highest BCUT2D eigenvalue weighted by atomic mass is 16.5. The summed E-state index contributed by atoms with van der Waals surface area (Å²) in [5.41, 5.74) is 0.975. The third kappa shape index (κ3) is 7.06. The number of amides is 1. The van der Waals surface area contributed by atoms with Crippen LogP contribution in [0.1, 0.15) is 65.0 Å². The molecule has 5 heteroatoms. The number of benzene rings is 1. The first-order valence-corrected chi connectivity index (χ1v) is 10.1. The summed E-state index contributed by atoms with van der Waals surface area (Å²) in [5.74, 6) is 2.46. The SMILES string of the molecule is COc1cc(C(C)NC(=O)COC2CCCC(C)C2)ccc1OCC(C)C. The van der Waals surface area contributed by atoms with E-state index in [1.165, 1.54) is 12.8 Å². The average Bonchev–Trinajstić information content (AvgIpc) is 2.64. The van der Waals surface area contributed by atoms with Crippen LogP contribution in [0.5, 0.6) is 11.5 Å². The zero-order chi connectivity index (χ0) is 19.8. The minimum absolute atomic E-state index is 0.0835. The number of carbonyl (C=O) groups excluding carboxylic acids is 1. The van der Waals surface area contributed by atoms with E-state index >= 15 is 0 Å². The number of hydrogen-bond donors (Lipinski definition) is 1. The molecular weight excluding hydrogens is 342 g/mol. The van der Waals surface area contributed by atoms with E-state index in [2.05, 4.69) is 26.1 Å². The van der Waals surface area contributed by atoms with Gasteiger partial charge in [-0.1, -0.05) is 39.7 Å². The van der Waals surface area contributed by atoms with E-state index in [4.69, 9.17) is 14.2 Å². The summed E-state index contributed by atoms with van der Waals surface area (Å²) >= 11 is 0. The van der Waals surface area contributed by atoms with Crippen LogP contribution in [-0.2, 0) is 9.53 Å². The topological polar surface area (TPSA) is 56.8 Å². The van der Waals surface area contributed by atoms with E-state index in [9.17, 15) is 4.79 Å². The lowest BCUT2D eigenvalue weighted by Crippen LogP contribution is -2.33. The molecule has 152 valence electrons. The van der Waals surface area contributed by atoms with Crippen molar-refractivity contribution in [3.05, 3.63) is 23.8 Å². The molecule has 0 radical (unpaired) electrons. The third-order valence-corrected chi connectivity index (χ3v) is 4.98. The lowest BCUT2D eigenvalue weighted by Gasteiger charge is -2.26. The molecule has 1 amide bonds. The predicted molar refractivity (Wildman–Crippen MR) is 107 cm³/mol. The van der Waals surface area contributed by atoms with Gasteiger partial charge in [0.1, 0.15) is 6.61 Å². The fourth-order valence-corrected chi connectivity index (χ4v) is 3.42.